The van der Waals surface area contributed by atoms with E-state index in [0.29, 0.717) is 25.3 Å². The molecule has 0 aromatic heterocycles. The zero-order valence-corrected chi connectivity index (χ0v) is 12.6. The van der Waals surface area contributed by atoms with Gasteiger partial charge >= 0.3 is 0 Å². The summed E-state index contributed by atoms with van der Waals surface area (Å²) in [5.74, 6) is -0.263. The second-order valence-electron chi connectivity index (χ2n) is 4.53. The van der Waals surface area contributed by atoms with Gasteiger partial charge in [0.25, 0.3) is 5.91 Å². The number of amides is 2. The molecule has 6 heteroatoms. The van der Waals surface area contributed by atoms with Crippen LogP contribution in [0.2, 0.25) is 0 Å². The molecule has 0 bridgehead atoms. The fraction of sp³-hybridized carbons (Fsp3) is 0.429. The molecule has 1 aliphatic heterocycles. The van der Waals surface area contributed by atoms with Gasteiger partial charge in [0, 0.05) is 24.2 Å². The first-order valence-electron chi connectivity index (χ1n) is 6.60. The van der Waals surface area contributed by atoms with E-state index in [4.69, 9.17) is 4.74 Å². The van der Waals surface area contributed by atoms with Crippen molar-refractivity contribution in [1.29, 1.82) is 0 Å². The summed E-state index contributed by atoms with van der Waals surface area (Å²) in [6, 6.07) is 7.21. The molecule has 5 nitrogen and oxygen atoms in total. The fourth-order valence-electron chi connectivity index (χ4n) is 2.00. The Morgan fingerprint density at radius 1 is 1.25 bits per heavy atom. The smallest absolute Gasteiger partial charge is 0.252 e. The van der Waals surface area contributed by atoms with Crippen LogP contribution in [-0.2, 0) is 9.53 Å². The zero-order valence-electron chi connectivity index (χ0n) is 11.0. The van der Waals surface area contributed by atoms with Gasteiger partial charge in [0.2, 0.25) is 5.91 Å². The van der Waals surface area contributed by atoms with Crippen molar-refractivity contribution in [1.82, 2.24) is 10.6 Å². The lowest BCUT2D eigenvalue weighted by Crippen LogP contribution is -2.39. The number of carbonyl (C=O) groups is 2. The monoisotopic (exact) mass is 340 g/mol. The number of halogens is 1. The van der Waals surface area contributed by atoms with Crippen molar-refractivity contribution in [2.45, 2.75) is 18.9 Å². The molecule has 1 atom stereocenters. The largest absolute Gasteiger partial charge is 0.368 e. The van der Waals surface area contributed by atoms with Crippen LogP contribution in [0.15, 0.2) is 28.7 Å². The summed E-state index contributed by atoms with van der Waals surface area (Å²) in [6.07, 6.45) is 1.38. The third kappa shape index (κ3) is 4.05. The van der Waals surface area contributed by atoms with Crippen molar-refractivity contribution in [3.05, 3.63) is 34.3 Å². The minimum absolute atomic E-state index is 0.0994. The summed E-state index contributed by atoms with van der Waals surface area (Å²) < 4.78 is 6.02. The number of hydrogen-bond acceptors (Lipinski definition) is 3. The molecule has 1 aromatic carbocycles. The second-order valence-corrected chi connectivity index (χ2v) is 5.38. The average molecular weight is 341 g/mol. The van der Waals surface area contributed by atoms with E-state index in [2.05, 4.69) is 26.6 Å². The molecule has 20 heavy (non-hydrogen) atoms. The number of hydrogen-bond donors (Lipinski definition) is 2. The molecular weight excluding hydrogens is 324 g/mol. The van der Waals surface area contributed by atoms with E-state index < -0.39 is 0 Å². The topological polar surface area (TPSA) is 67.4 Å². The molecule has 1 aliphatic rings. The van der Waals surface area contributed by atoms with E-state index in [9.17, 15) is 9.59 Å². The van der Waals surface area contributed by atoms with Gasteiger partial charge in [-0.1, -0.05) is 12.1 Å². The van der Waals surface area contributed by atoms with E-state index in [-0.39, 0.29) is 17.9 Å². The van der Waals surface area contributed by atoms with Gasteiger partial charge in [-0.3, -0.25) is 9.59 Å². The van der Waals surface area contributed by atoms with Gasteiger partial charge in [-0.15, -0.1) is 0 Å². The Labute approximate surface area is 126 Å². The number of benzene rings is 1. The van der Waals surface area contributed by atoms with E-state index >= 15 is 0 Å². The van der Waals surface area contributed by atoms with Gasteiger partial charge in [0.1, 0.15) is 6.10 Å². The van der Waals surface area contributed by atoms with Crippen LogP contribution in [0.1, 0.15) is 23.2 Å². The number of carbonyl (C=O) groups excluding carboxylic acids is 2. The third-order valence-corrected chi connectivity index (χ3v) is 3.74. The Kier molecular flexibility index (Phi) is 5.55. The van der Waals surface area contributed by atoms with Gasteiger partial charge in [0.05, 0.1) is 5.56 Å². The molecule has 1 saturated heterocycles. The van der Waals surface area contributed by atoms with E-state index in [1.54, 1.807) is 12.1 Å². The lowest BCUT2D eigenvalue weighted by Gasteiger charge is -2.11. The first-order chi connectivity index (χ1) is 9.68. The molecule has 0 radical (unpaired) electrons. The summed E-state index contributed by atoms with van der Waals surface area (Å²) in [5, 5.41) is 5.52. The third-order valence-electron chi connectivity index (χ3n) is 3.05. The Bertz CT molecular complexity index is 487. The van der Waals surface area contributed by atoms with Crippen LogP contribution in [0.5, 0.6) is 0 Å². The number of nitrogens with one attached hydrogen (secondary N) is 2. The first kappa shape index (κ1) is 15.0. The summed E-state index contributed by atoms with van der Waals surface area (Å²) in [7, 11) is 0. The number of ether oxygens (including phenoxy) is 1. The highest BCUT2D eigenvalue weighted by Crippen LogP contribution is 2.15. The maximum Gasteiger partial charge on any atom is 0.252 e. The lowest BCUT2D eigenvalue weighted by atomic mass is 10.2. The highest BCUT2D eigenvalue weighted by atomic mass is 79.9. The van der Waals surface area contributed by atoms with Gasteiger partial charge in [-0.2, -0.15) is 0 Å². The quantitative estimate of drug-likeness (QED) is 0.797. The predicted octanol–water partition coefficient (Wildman–Crippen LogP) is 1.47. The highest BCUT2D eigenvalue weighted by Gasteiger charge is 2.22. The molecule has 0 aliphatic carbocycles. The lowest BCUT2D eigenvalue weighted by molar-refractivity contribution is -0.129. The van der Waals surface area contributed by atoms with Crippen LogP contribution in [0.25, 0.3) is 0 Å². The fourth-order valence-corrected chi connectivity index (χ4v) is 2.47. The van der Waals surface area contributed by atoms with Crippen LogP contribution in [0, 0.1) is 0 Å². The SMILES string of the molecule is O=C(NCCNC(=O)C1CCCO1)c1ccccc1Br. The molecule has 2 rings (SSSR count). The number of rotatable bonds is 5. The zero-order chi connectivity index (χ0) is 14.4. The molecule has 0 spiro atoms. The van der Waals surface area contributed by atoms with Crippen molar-refractivity contribution in [3.8, 4) is 0 Å². The van der Waals surface area contributed by atoms with Crippen LogP contribution in [0.4, 0.5) is 0 Å². The minimum Gasteiger partial charge on any atom is -0.368 e. The maximum atomic E-state index is 11.9. The van der Waals surface area contributed by atoms with Crippen LogP contribution < -0.4 is 10.6 Å². The standard InChI is InChI=1S/C14H17BrN2O3/c15-11-5-2-1-4-10(11)13(18)16-7-8-17-14(19)12-6-3-9-20-12/h1-2,4-5,12H,3,6-9H2,(H,16,18)(H,17,19). The summed E-state index contributed by atoms with van der Waals surface area (Å²) in [4.78, 5) is 23.5. The molecule has 0 saturated carbocycles. The van der Waals surface area contributed by atoms with Crippen LogP contribution in [0.3, 0.4) is 0 Å². The molecule has 1 heterocycles. The highest BCUT2D eigenvalue weighted by molar-refractivity contribution is 9.10. The molecule has 1 fully saturated rings. The summed E-state index contributed by atoms with van der Waals surface area (Å²) in [6.45, 7) is 1.43. The van der Waals surface area contributed by atoms with E-state index in [0.717, 1.165) is 17.3 Å². The van der Waals surface area contributed by atoms with Crippen molar-refractivity contribution < 1.29 is 14.3 Å². The molecule has 108 valence electrons. The van der Waals surface area contributed by atoms with Crippen LogP contribution >= 0.6 is 15.9 Å². The Morgan fingerprint density at radius 2 is 2.00 bits per heavy atom. The van der Waals surface area contributed by atoms with E-state index in [1.807, 2.05) is 12.1 Å². The summed E-state index contributed by atoms with van der Waals surface area (Å²) >= 11 is 3.33. The van der Waals surface area contributed by atoms with Gasteiger partial charge < -0.3 is 15.4 Å². The van der Waals surface area contributed by atoms with Gasteiger partial charge in [-0.05, 0) is 40.9 Å². The molecule has 1 unspecified atom stereocenters. The Morgan fingerprint density at radius 3 is 2.70 bits per heavy atom. The predicted molar refractivity (Wildman–Crippen MR) is 78.5 cm³/mol. The van der Waals surface area contributed by atoms with Gasteiger partial charge in [0.15, 0.2) is 0 Å². The second kappa shape index (κ2) is 7.40. The molecule has 2 amide bonds. The molecule has 2 N–H and O–H groups in total. The van der Waals surface area contributed by atoms with Crippen LogP contribution in [-0.4, -0.2) is 37.6 Å². The Balaban J connectivity index is 1.69. The minimum atomic E-state index is -0.325. The average Bonchev–Trinajstić information content (AvgIpc) is 2.98. The van der Waals surface area contributed by atoms with Gasteiger partial charge in [-0.25, -0.2) is 0 Å². The van der Waals surface area contributed by atoms with Crippen molar-refractivity contribution in [2.24, 2.45) is 0 Å². The first-order valence-corrected chi connectivity index (χ1v) is 7.40. The summed E-state index contributed by atoms with van der Waals surface area (Å²) in [5.41, 5.74) is 0.581. The normalized spacial score (nSPS) is 17.8. The molecular formula is C14H17BrN2O3. The van der Waals surface area contributed by atoms with Crippen molar-refractivity contribution in [3.63, 3.8) is 0 Å². The van der Waals surface area contributed by atoms with Crippen molar-refractivity contribution in [2.75, 3.05) is 19.7 Å². The Hall–Kier alpha value is -1.40. The maximum absolute atomic E-state index is 11.9. The van der Waals surface area contributed by atoms with Crippen molar-refractivity contribution >= 4 is 27.7 Å². The van der Waals surface area contributed by atoms with E-state index in [1.165, 1.54) is 0 Å². The molecule has 1 aromatic rings.